The van der Waals surface area contributed by atoms with Crippen molar-refractivity contribution < 1.29 is 14.3 Å². The first-order valence-electron chi connectivity index (χ1n) is 6.68. The average Bonchev–Trinajstić information content (AvgIpc) is 2.47. The van der Waals surface area contributed by atoms with Crippen molar-refractivity contribution in [3.05, 3.63) is 35.9 Å². The van der Waals surface area contributed by atoms with Crippen molar-refractivity contribution >= 4 is 16.8 Å². The number of amides is 1. The molecule has 1 saturated heterocycles. The minimum atomic E-state index is -0.523. The first-order chi connectivity index (χ1) is 9.74. The Morgan fingerprint density at radius 1 is 1.30 bits per heavy atom. The van der Waals surface area contributed by atoms with E-state index in [1.54, 1.807) is 6.07 Å². The number of fused-ring (bicyclic) bond motifs is 1. The van der Waals surface area contributed by atoms with Crippen molar-refractivity contribution in [2.24, 2.45) is 5.73 Å². The second kappa shape index (κ2) is 5.46. The van der Waals surface area contributed by atoms with Crippen LogP contribution >= 0.6 is 0 Å². The number of primary amides is 1. The summed E-state index contributed by atoms with van der Waals surface area (Å²) in [6, 6.07) is 9.31. The highest BCUT2D eigenvalue weighted by Crippen LogP contribution is 2.24. The highest BCUT2D eigenvalue weighted by molar-refractivity contribution is 5.98. The molecule has 5 nitrogen and oxygen atoms in total. The maximum Gasteiger partial charge on any atom is 0.254 e. The van der Waals surface area contributed by atoms with Crippen molar-refractivity contribution in [1.82, 2.24) is 4.98 Å². The van der Waals surface area contributed by atoms with Gasteiger partial charge in [-0.1, -0.05) is 18.2 Å². The number of nitrogens with zero attached hydrogens (tertiary/aromatic N) is 1. The highest BCUT2D eigenvalue weighted by Gasteiger charge is 2.20. The number of nitrogens with two attached hydrogens (primary N) is 1. The zero-order chi connectivity index (χ0) is 13.9. The summed E-state index contributed by atoms with van der Waals surface area (Å²) in [5.74, 6) is -0.201. The Kier molecular flexibility index (Phi) is 3.52. The molecule has 0 radical (unpaired) electrons. The first kappa shape index (κ1) is 12.9. The third kappa shape index (κ3) is 2.58. The normalized spacial score (nSPS) is 16.2. The Hall–Kier alpha value is -2.14. The molecule has 1 aliphatic rings. The summed E-state index contributed by atoms with van der Waals surface area (Å²) >= 11 is 0. The van der Waals surface area contributed by atoms with E-state index < -0.39 is 5.91 Å². The van der Waals surface area contributed by atoms with E-state index in [4.69, 9.17) is 15.2 Å². The van der Waals surface area contributed by atoms with Gasteiger partial charge in [-0.05, 0) is 12.1 Å². The van der Waals surface area contributed by atoms with Crippen LogP contribution in [-0.2, 0) is 4.74 Å². The molecule has 3 rings (SSSR count). The minimum Gasteiger partial charge on any atom is -0.474 e. The van der Waals surface area contributed by atoms with Crippen molar-refractivity contribution in [3.8, 4) is 5.88 Å². The molecule has 2 heterocycles. The van der Waals surface area contributed by atoms with Gasteiger partial charge in [0.15, 0.2) is 0 Å². The van der Waals surface area contributed by atoms with Gasteiger partial charge in [-0.15, -0.1) is 0 Å². The summed E-state index contributed by atoms with van der Waals surface area (Å²) < 4.78 is 11.2. The van der Waals surface area contributed by atoms with Crippen LogP contribution in [0.25, 0.3) is 10.9 Å². The lowest BCUT2D eigenvalue weighted by Crippen LogP contribution is -2.27. The van der Waals surface area contributed by atoms with Crippen molar-refractivity contribution in [2.45, 2.75) is 18.9 Å². The molecule has 1 fully saturated rings. The van der Waals surface area contributed by atoms with Gasteiger partial charge in [0.2, 0.25) is 5.88 Å². The predicted molar refractivity (Wildman–Crippen MR) is 74.7 cm³/mol. The van der Waals surface area contributed by atoms with Gasteiger partial charge in [0.1, 0.15) is 11.7 Å². The van der Waals surface area contributed by atoms with E-state index in [1.807, 2.05) is 24.3 Å². The molecule has 104 valence electrons. The number of benzene rings is 1. The van der Waals surface area contributed by atoms with Crippen LogP contribution in [-0.4, -0.2) is 30.2 Å². The standard InChI is InChI=1S/C15H16N2O3/c16-14(18)12-9-10-3-1-2-4-13(10)17-15(12)20-11-5-7-19-8-6-11/h1-4,9,11H,5-8H2,(H2,16,18). The molecule has 2 aromatic rings. The molecule has 0 atom stereocenters. The molecule has 0 spiro atoms. The number of carbonyl (C=O) groups is 1. The molecule has 1 amide bonds. The third-order valence-corrected chi connectivity index (χ3v) is 3.40. The van der Waals surface area contributed by atoms with Gasteiger partial charge in [-0.25, -0.2) is 4.98 Å². The number of rotatable bonds is 3. The number of ether oxygens (including phenoxy) is 2. The van der Waals surface area contributed by atoms with Gasteiger partial charge >= 0.3 is 0 Å². The van der Waals surface area contributed by atoms with E-state index in [2.05, 4.69) is 4.98 Å². The quantitative estimate of drug-likeness (QED) is 0.926. The number of hydrogen-bond acceptors (Lipinski definition) is 4. The van der Waals surface area contributed by atoms with E-state index in [0.29, 0.717) is 24.7 Å². The molecule has 0 bridgehead atoms. The van der Waals surface area contributed by atoms with E-state index in [-0.39, 0.29) is 6.10 Å². The second-order valence-electron chi connectivity index (χ2n) is 4.83. The highest BCUT2D eigenvalue weighted by atomic mass is 16.5. The maximum absolute atomic E-state index is 11.6. The molecule has 1 aromatic carbocycles. The minimum absolute atomic E-state index is 0.0236. The Balaban J connectivity index is 1.98. The Bertz CT molecular complexity index is 636. The molecule has 1 aromatic heterocycles. The molecule has 5 heteroatoms. The molecule has 0 aliphatic carbocycles. The summed E-state index contributed by atoms with van der Waals surface area (Å²) in [6.45, 7) is 1.34. The lowest BCUT2D eigenvalue weighted by molar-refractivity contribution is 0.0235. The zero-order valence-corrected chi connectivity index (χ0v) is 11.0. The summed E-state index contributed by atoms with van der Waals surface area (Å²) in [4.78, 5) is 16.0. The van der Waals surface area contributed by atoms with Crippen molar-refractivity contribution in [3.63, 3.8) is 0 Å². The van der Waals surface area contributed by atoms with Crippen LogP contribution in [0.1, 0.15) is 23.2 Å². The fraction of sp³-hybridized carbons (Fsp3) is 0.333. The Morgan fingerprint density at radius 2 is 2.05 bits per heavy atom. The average molecular weight is 272 g/mol. The van der Waals surface area contributed by atoms with E-state index in [0.717, 1.165) is 23.7 Å². The zero-order valence-electron chi connectivity index (χ0n) is 11.0. The molecule has 2 N–H and O–H groups in total. The van der Waals surface area contributed by atoms with Crippen molar-refractivity contribution in [2.75, 3.05) is 13.2 Å². The van der Waals surface area contributed by atoms with Gasteiger partial charge in [-0.3, -0.25) is 4.79 Å². The molecule has 0 saturated carbocycles. The number of aromatic nitrogens is 1. The smallest absolute Gasteiger partial charge is 0.254 e. The lowest BCUT2D eigenvalue weighted by atomic mass is 10.1. The van der Waals surface area contributed by atoms with Crippen LogP contribution in [0.15, 0.2) is 30.3 Å². The number of hydrogen-bond donors (Lipinski definition) is 1. The summed E-state index contributed by atoms with van der Waals surface area (Å²) in [6.07, 6.45) is 1.62. The van der Waals surface area contributed by atoms with Crippen LogP contribution in [0, 0.1) is 0 Å². The van der Waals surface area contributed by atoms with Crippen LogP contribution in [0.2, 0.25) is 0 Å². The summed E-state index contributed by atoms with van der Waals surface area (Å²) in [7, 11) is 0. The number of carbonyl (C=O) groups excluding carboxylic acids is 1. The van der Waals surface area contributed by atoms with Gasteiger partial charge in [0, 0.05) is 18.2 Å². The van der Waals surface area contributed by atoms with Gasteiger partial charge in [0.05, 0.1) is 18.7 Å². The molecular weight excluding hydrogens is 256 g/mol. The van der Waals surface area contributed by atoms with Crippen LogP contribution in [0.3, 0.4) is 0 Å². The largest absolute Gasteiger partial charge is 0.474 e. The molecular formula is C15H16N2O3. The molecule has 0 unspecified atom stereocenters. The summed E-state index contributed by atoms with van der Waals surface area (Å²) in [5, 5.41) is 0.876. The van der Waals surface area contributed by atoms with Gasteiger partial charge < -0.3 is 15.2 Å². The monoisotopic (exact) mass is 272 g/mol. The maximum atomic E-state index is 11.6. The fourth-order valence-corrected chi connectivity index (χ4v) is 2.32. The molecule has 20 heavy (non-hydrogen) atoms. The second-order valence-corrected chi connectivity index (χ2v) is 4.83. The van der Waals surface area contributed by atoms with Crippen molar-refractivity contribution in [1.29, 1.82) is 0 Å². The third-order valence-electron chi connectivity index (χ3n) is 3.40. The van der Waals surface area contributed by atoms with Crippen LogP contribution in [0.5, 0.6) is 5.88 Å². The van der Waals surface area contributed by atoms with Gasteiger partial charge in [0.25, 0.3) is 5.91 Å². The van der Waals surface area contributed by atoms with E-state index >= 15 is 0 Å². The van der Waals surface area contributed by atoms with E-state index in [9.17, 15) is 4.79 Å². The first-order valence-corrected chi connectivity index (χ1v) is 6.68. The van der Waals surface area contributed by atoms with E-state index in [1.165, 1.54) is 0 Å². The Morgan fingerprint density at radius 3 is 2.80 bits per heavy atom. The number of pyridine rings is 1. The topological polar surface area (TPSA) is 74.4 Å². The molecule has 1 aliphatic heterocycles. The van der Waals surface area contributed by atoms with Crippen LogP contribution in [0.4, 0.5) is 0 Å². The lowest BCUT2D eigenvalue weighted by Gasteiger charge is -2.23. The fourth-order valence-electron chi connectivity index (χ4n) is 2.32. The van der Waals surface area contributed by atoms with Crippen LogP contribution < -0.4 is 10.5 Å². The predicted octanol–water partition coefficient (Wildman–Crippen LogP) is 1.89. The number of para-hydroxylation sites is 1. The SMILES string of the molecule is NC(=O)c1cc2ccccc2nc1OC1CCOCC1. The Labute approximate surface area is 116 Å². The summed E-state index contributed by atoms with van der Waals surface area (Å²) in [5.41, 5.74) is 6.55. The van der Waals surface area contributed by atoms with Gasteiger partial charge in [-0.2, -0.15) is 0 Å².